The summed E-state index contributed by atoms with van der Waals surface area (Å²) in [5.41, 5.74) is 5.42. The van der Waals surface area contributed by atoms with Gasteiger partial charge in [-0.3, -0.25) is 4.99 Å². The Balaban J connectivity index is 1.68. The first-order valence-electron chi connectivity index (χ1n) is 11.2. The van der Waals surface area contributed by atoms with Crippen molar-refractivity contribution in [2.24, 2.45) is 4.99 Å². The zero-order valence-corrected chi connectivity index (χ0v) is 18.1. The number of hydrogen-bond donors (Lipinski definition) is 0. The number of benzene rings is 4. The summed E-state index contributed by atoms with van der Waals surface area (Å²) in [4.78, 5) is 5.38. The Morgan fingerprint density at radius 1 is 0.625 bits per heavy atom. The molecule has 4 aromatic carbocycles. The normalized spacial score (nSPS) is 27.7. The van der Waals surface area contributed by atoms with Crippen LogP contribution in [0.5, 0.6) is 0 Å². The first kappa shape index (κ1) is 19.0. The zero-order valence-electron chi connectivity index (χ0n) is 18.1. The van der Waals surface area contributed by atoms with Crippen LogP contribution >= 0.6 is 0 Å². The van der Waals surface area contributed by atoms with E-state index in [1.807, 2.05) is 0 Å². The van der Waals surface area contributed by atoms with Crippen LogP contribution in [0.25, 0.3) is 6.08 Å². The molecule has 0 saturated heterocycles. The molecule has 154 valence electrons. The minimum absolute atomic E-state index is 0.209. The molecule has 0 spiro atoms. The molecule has 4 aromatic rings. The predicted molar refractivity (Wildman–Crippen MR) is 133 cm³/mol. The standard InChI is InChI=1S/C31H25N/c1-29-28-20-12-11-15-25(28)23-32-31(29,27-18-9-4-10-19-27)30(29,26-16-7-3-8-17-26)22-21-24-13-5-2-6-14-24/h2-23H,1H3/b22-21-/t29-,30+,31-/m0/s1. The molecule has 1 heterocycles. The Bertz CT molecular complexity index is 1320. The van der Waals surface area contributed by atoms with Crippen molar-refractivity contribution >= 4 is 12.3 Å². The van der Waals surface area contributed by atoms with E-state index in [0.717, 1.165) is 0 Å². The lowest BCUT2D eigenvalue weighted by molar-refractivity contribution is 0.588. The fourth-order valence-corrected chi connectivity index (χ4v) is 6.23. The zero-order chi connectivity index (χ0) is 21.7. The van der Waals surface area contributed by atoms with Crippen molar-refractivity contribution in [1.29, 1.82) is 0 Å². The van der Waals surface area contributed by atoms with Gasteiger partial charge in [-0.05, 0) is 27.8 Å². The summed E-state index contributed by atoms with van der Waals surface area (Å²) in [6.45, 7) is 2.40. The fourth-order valence-electron chi connectivity index (χ4n) is 6.23. The first-order valence-corrected chi connectivity index (χ1v) is 11.2. The number of hydrogen-bond acceptors (Lipinski definition) is 1. The van der Waals surface area contributed by atoms with Crippen LogP contribution in [0.4, 0.5) is 0 Å². The van der Waals surface area contributed by atoms with E-state index < -0.39 is 5.54 Å². The van der Waals surface area contributed by atoms with Crippen molar-refractivity contribution in [2.45, 2.75) is 23.3 Å². The molecule has 3 atom stereocenters. The highest BCUT2D eigenvalue weighted by Gasteiger charge is 2.86. The third-order valence-electron chi connectivity index (χ3n) is 7.66. The summed E-state index contributed by atoms with van der Waals surface area (Å²) in [6, 6.07) is 41.1. The molecule has 0 radical (unpaired) electrons. The Kier molecular flexibility index (Phi) is 4.10. The van der Waals surface area contributed by atoms with Crippen molar-refractivity contribution in [1.82, 2.24) is 0 Å². The van der Waals surface area contributed by atoms with Crippen LogP contribution in [0.2, 0.25) is 0 Å². The van der Waals surface area contributed by atoms with Crippen LogP contribution in [0.1, 0.15) is 34.7 Å². The van der Waals surface area contributed by atoms with Crippen molar-refractivity contribution in [2.75, 3.05) is 0 Å². The van der Waals surface area contributed by atoms with E-state index in [1.54, 1.807) is 0 Å². The molecule has 0 amide bonds. The molecule has 0 unspecified atom stereocenters. The highest BCUT2D eigenvalue weighted by Crippen LogP contribution is 2.81. The highest BCUT2D eigenvalue weighted by atomic mass is 15.1. The minimum atomic E-state index is -0.401. The Morgan fingerprint density at radius 2 is 1.19 bits per heavy atom. The monoisotopic (exact) mass is 411 g/mol. The summed E-state index contributed by atoms with van der Waals surface area (Å²) in [5, 5.41) is 0. The van der Waals surface area contributed by atoms with Crippen LogP contribution in [0, 0.1) is 0 Å². The van der Waals surface area contributed by atoms with Gasteiger partial charge >= 0.3 is 0 Å². The number of fused-ring (bicyclic) bond motifs is 3. The van der Waals surface area contributed by atoms with E-state index in [9.17, 15) is 0 Å². The third-order valence-corrected chi connectivity index (χ3v) is 7.66. The van der Waals surface area contributed by atoms with Crippen molar-refractivity contribution in [3.05, 3.63) is 149 Å². The molecule has 32 heavy (non-hydrogen) atoms. The quantitative estimate of drug-likeness (QED) is 0.345. The molecular formula is C31H25N. The van der Waals surface area contributed by atoms with E-state index in [0.29, 0.717) is 0 Å². The average molecular weight is 412 g/mol. The van der Waals surface area contributed by atoms with E-state index in [2.05, 4.69) is 141 Å². The summed E-state index contributed by atoms with van der Waals surface area (Å²) in [5.74, 6) is 0. The molecule has 0 bridgehead atoms. The van der Waals surface area contributed by atoms with Gasteiger partial charge in [-0.25, -0.2) is 0 Å². The second kappa shape index (κ2) is 6.90. The van der Waals surface area contributed by atoms with Gasteiger partial charge in [0.2, 0.25) is 0 Å². The van der Waals surface area contributed by atoms with Crippen LogP contribution in [0.3, 0.4) is 0 Å². The third kappa shape index (κ3) is 2.26. The maximum absolute atomic E-state index is 5.38. The number of rotatable bonds is 4. The van der Waals surface area contributed by atoms with Gasteiger partial charge in [0.05, 0.1) is 5.41 Å². The van der Waals surface area contributed by atoms with E-state index in [-0.39, 0.29) is 10.8 Å². The first-order chi connectivity index (χ1) is 15.7. The largest absolute Gasteiger partial charge is 0.279 e. The minimum Gasteiger partial charge on any atom is -0.279 e. The molecule has 2 aliphatic rings. The lowest BCUT2D eigenvalue weighted by Crippen LogP contribution is -2.23. The van der Waals surface area contributed by atoms with Gasteiger partial charge in [-0.1, -0.05) is 134 Å². The maximum Gasteiger partial charge on any atom is 0.110 e. The summed E-state index contributed by atoms with van der Waals surface area (Å²) in [6.07, 6.45) is 6.79. The molecule has 0 N–H and O–H groups in total. The van der Waals surface area contributed by atoms with Gasteiger partial charge in [0.15, 0.2) is 0 Å². The predicted octanol–water partition coefficient (Wildman–Crippen LogP) is 6.94. The molecule has 6 rings (SSSR count). The molecule has 1 nitrogen and oxygen atoms in total. The van der Waals surface area contributed by atoms with Gasteiger partial charge in [-0.2, -0.15) is 0 Å². The van der Waals surface area contributed by atoms with Crippen molar-refractivity contribution in [3.63, 3.8) is 0 Å². The van der Waals surface area contributed by atoms with Crippen molar-refractivity contribution < 1.29 is 0 Å². The Hall–Kier alpha value is -3.71. The Morgan fingerprint density at radius 3 is 1.88 bits per heavy atom. The van der Waals surface area contributed by atoms with Gasteiger partial charge in [-0.15, -0.1) is 0 Å². The Labute approximate surface area is 189 Å². The summed E-state index contributed by atoms with van der Waals surface area (Å²) < 4.78 is 0. The SMILES string of the molecule is C[C@@]12c3ccccc3C=N[C@]1(c1ccccc1)[C@]2(/C=C\c1ccccc1)c1ccccc1. The highest BCUT2D eigenvalue weighted by molar-refractivity contribution is 5.90. The number of aliphatic imine (C=N–C) groups is 1. The summed E-state index contributed by atoms with van der Waals surface area (Å²) in [7, 11) is 0. The summed E-state index contributed by atoms with van der Waals surface area (Å²) >= 11 is 0. The van der Waals surface area contributed by atoms with E-state index in [4.69, 9.17) is 4.99 Å². The molecule has 1 fully saturated rings. The van der Waals surface area contributed by atoms with E-state index >= 15 is 0 Å². The van der Waals surface area contributed by atoms with Gasteiger partial charge in [0, 0.05) is 11.6 Å². The van der Waals surface area contributed by atoms with Gasteiger partial charge in [0.25, 0.3) is 0 Å². The second-order valence-electron chi connectivity index (χ2n) is 8.96. The van der Waals surface area contributed by atoms with E-state index in [1.165, 1.54) is 27.8 Å². The second-order valence-corrected chi connectivity index (χ2v) is 8.96. The lowest BCUT2D eigenvalue weighted by Gasteiger charge is -2.25. The maximum atomic E-state index is 5.38. The van der Waals surface area contributed by atoms with Gasteiger partial charge in [0.1, 0.15) is 5.54 Å². The van der Waals surface area contributed by atoms with Crippen LogP contribution in [-0.2, 0) is 16.4 Å². The van der Waals surface area contributed by atoms with Crippen molar-refractivity contribution in [3.8, 4) is 0 Å². The smallest absolute Gasteiger partial charge is 0.110 e. The molecule has 1 aliphatic heterocycles. The molecule has 1 aliphatic carbocycles. The molecule has 1 saturated carbocycles. The number of nitrogens with zero attached hydrogens (tertiary/aromatic N) is 1. The lowest BCUT2D eigenvalue weighted by atomic mass is 9.80. The van der Waals surface area contributed by atoms with Crippen LogP contribution < -0.4 is 0 Å². The molecule has 0 aromatic heterocycles. The molecular weight excluding hydrogens is 386 g/mol. The van der Waals surface area contributed by atoms with Crippen LogP contribution in [0.15, 0.2) is 126 Å². The fraction of sp³-hybridized carbons (Fsp3) is 0.129. The molecule has 1 heteroatoms. The average Bonchev–Trinajstić information content (AvgIpc) is 3.39. The van der Waals surface area contributed by atoms with Gasteiger partial charge < -0.3 is 0 Å². The topological polar surface area (TPSA) is 12.4 Å². The van der Waals surface area contributed by atoms with Crippen LogP contribution in [-0.4, -0.2) is 6.21 Å².